The van der Waals surface area contributed by atoms with E-state index < -0.39 is 5.60 Å². The highest BCUT2D eigenvalue weighted by molar-refractivity contribution is 6.11. The summed E-state index contributed by atoms with van der Waals surface area (Å²) in [5.74, 6) is -0.0146. The third kappa shape index (κ3) is 1.88. The highest BCUT2D eigenvalue weighted by Crippen LogP contribution is 2.36. The van der Waals surface area contributed by atoms with Gasteiger partial charge in [0.15, 0.2) is 5.60 Å². The molecule has 3 nitrogen and oxygen atoms in total. The van der Waals surface area contributed by atoms with Crippen molar-refractivity contribution >= 4 is 11.7 Å². The molecule has 3 heteroatoms. The predicted molar refractivity (Wildman–Crippen MR) is 74.4 cm³/mol. The zero-order valence-electron chi connectivity index (χ0n) is 11.6. The summed E-state index contributed by atoms with van der Waals surface area (Å²) in [5, 5.41) is 0. The molecular weight excluding hydrogens is 238 g/mol. The van der Waals surface area contributed by atoms with Gasteiger partial charge in [-0.3, -0.25) is 4.99 Å². The van der Waals surface area contributed by atoms with Gasteiger partial charge < -0.3 is 4.74 Å². The minimum Gasteiger partial charge on any atom is -0.451 e. The number of fused-ring (bicyclic) bond motifs is 3. The second-order valence-corrected chi connectivity index (χ2v) is 5.98. The largest absolute Gasteiger partial charge is 0.451 e. The van der Waals surface area contributed by atoms with Crippen molar-refractivity contribution in [1.82, 2.24) is 0 Å². The Labute approximate surface area is 113 Å². The van der Waals surface area contributed by atoms with E-state index >= 15 is 0 Å². The average Bonchev–Trinajstić information content (AvgIpc) is 2.36. The van der Waals surface area contributed by atoms with E-state index in [1.54, 1.807) is 0 Å². The summed E-state index contributed by atoms with van der Waals surface area (Å²) >= 11 is 0. The first-order chi connectivity index (χ1) is 9.01. The first kappa shape index (κ1) is 12.4. The Bertz CT molecular complexity index is 562. The van der Waals surface area contributed by atoms with Crippen molar-refractivity contribution in [2.45, 2.75) is 45.3 Å². The van der Waals surface area contributed by atoms with Crippen molar-refractivity contribution in [2.75, 3.05) is 0 Å². The number of hydrogen-bond acceptors (Lipinski definition) is 3. The van der Waals surface area contributed by atoms with Gasteiger partial charge >= 0.3 is 5.97 Å². The average molecular weight is 257 g/mol. The number of ether oxygens (including phenoxy) is 1. The summed E-state index contributed by atoms with van der Waals surface area (Å²) in [5.41, 5.74) is 2.86. The maximum atomic E-state index is 12.1. The number of aryl methyl sites for hydroxylation is 1. The van der Waals surface area contributed by atoms with Crippen molar-refractivity contribution in [3.05, 3.63) is 35.4 Å². The zero-order valence-corrected chi connectivity index (χ0v) is 11.6. The fourth-order valence-electron chi connectivity index (χ4n) is 2.95. The number of benzene rings is 1. The van der Waals surface area contributed by atoms with E-state index in [9.17, 15) is 4.79 Å². The van der Waals surface area contributed by atoms with E-state index in [0.29, 0.717) is 0 Å². The standard InChI is InChI=1S/C16H19NO2/c1-10(2)13-15(18)19-16(3)9-8-11-6-4-5-7-12(11)14(16)17-13/h4-7,10,13H,8-9H2,1-3H3/t13-,16+/m1/s1. The van der Waals surface area contributed by atoms with E-state index in [1.165, 1.54) is 5.56 Å². The Kier molecular flexibility index (Phi) is 2.73. The maximum absolute atomic E-state index is 12.1. The molecule has 19 heavy (non-hydrogen) atoms. The summed E-state index contributed by atoms with van der Waals surface area (Å²) < 4.78 is 5.74. The Morgan fingerprint density at radius 3 is 2.84 bits per heavy atom. The van der Waals surface area contributed by atoms with E-state index in [4.69, 9.17) is 9.73 Å². The third-order valence-electron chi connectivity index (χ3n) is 4.11. The van der Waals surface area contributed by atoms with E-state index in [2.05, 4.69) is 18.2 Å². The summed E-state index contributed by atoms with van der Waals surface area (Å²) in [4.78, 5) is 16.8. The molecule has 2 atom stereocenters. The Hall–Kier alpha value is -1.64. The molecule has 3 rings (SSSR count). The van der Waals surface area contributed by atoms with Crippen molar-refractivity contribution in [2.24, 2.45) is 10.9 Å². The molecular formula is C16H19NO2. The van der Waals surface area contributed by atoms with Crippen LogP contribution in [-0.2, 0) is 16.0 Å². The van der Waals surface area contributed by atoms with Gasteiger partial charge in [0.25, 0.3) is 0 Å². The van der Waals surface area contributed by atoms with Gasteiger partial charge in [0.05, 0.1) is 5.71 Å². The summed E-state index contributed by atoms with van der Waals surface area (Å²) in [6, 6.07) is 7.93. The van der Waals surface area contributed by atoms with Gasteiger partial charge in [-0.15, -0.1) is 0 Å². The topological polar surface area (TPSA) is 38.7 Å². The quantitative estimate of drug-likeness (QED) is 0.726. The van der Waals surface area contributed by atoms with Gasteiger partial charge in [0.2, 0.25) is 0 Å². The van der Waals surface area contributed by atoms with Crippen molar-refractivity contribution in [3.63, 3.8) is 0 Å². The van der Waals surface area contributed by atoms with E-state index in [-0.39, 0.29) is 17.9 Å². The molecule has 0 saturated carbocycles. The minimum atomic E-state index is -0.545. The van der Waals surface area contributed by atoms with Gasteiger partial charge in [-0.1, -0.05) is 38.1 Å². The van der Waals surface area contributed by atoms with Crippen molar-refractivity contribution in [3.8, 4) is 0 Å². The van der Waals surface area contributed by atoms with Crippen LogP contribution in [0.15, 0.2) is 29.3 Å². The van der Waals surface area contributed by atoms with Crippen LogP contribution in [0.2, 0.25) is 0 Å². The van der Waals surface area contributed by atoms with Crippen LogP contribution in [0.25, 0.3) is 0 Å². The predicted octanol–water partition coefficient (Wildman–Crippen LogP) is 2.76. The molecule has 1 heterocycles. The monoisotopic (exact) mass is 257 g/mol. The molecule has 0 unspecified atom stereocenters. The molecule has 0 radical (unpaired) electrons. The Morgan fingerprint density at radius 1 is 1.37 bits per heavy atom. The molecule has 0 bridgehead atoms. The van der Waals surface area contributed by atoms with Crippen LogP contribution in [0.3, 0.4) is 0 Å². The van der Waals surface area contributed by atoms with Crippen LogP contribution in [0, 0.1) is 5.92 Å². The number of rotatable bonds is 1. The SMILES string of the molecule is CC(C)[C@H]1N=C2c3ccccc3CC[C@]2(C)OC1=O. The van der Waals surface area contributed by atoms with Gasteiger partial charge in [-0.2, -0.15) is 0 Å². The molecule has 1 aromatic rings. The van der Waals surface area contributed by atoms with Crippen LogP contribution in [0.4, 0.5) is 0 Å². The number of esters is 1. The second-order valence-electron chi connectivity index (χ2n) is 5.98. The van der Waals surface area contributed by atoms with Gasteiger partial charge in [0.1, 0.15) is 6.04 Å². The minimum absolute atomic E-state index is 0.165. The number of aliphatic imine (C=N–C) groups is 1. The molecule has 1 aliphatic heterocycles. The molecule has 0 amide bonds. The number of carbonyl (C=O) groups is 1. The molecule has 0 spiro atoms. The van der Waals surface area contributed by atoms with Crippen LogP contribution < -0.4 is 0 Å². The molecule has 0 N–H and O–H groups in total. The first-order valence-corrected chi connectivity index (χ1v) is 6.91. The van der Waals surface area contributed by atoms with Crippen LogP contribution >= 0.6 is 0 Å². The molecule has 2 aliphatic rings. The smallest absolute Gasteiger partial charge is 0.332 e. The highest BCUT2D eigenvalue weighted by Gasteiger charge is 2.45. The molecule has 100 valence electrons. The summed E-state index contributed by atoms with van der Waals surface area (Å²) in [6.45, 7) is 6.00. The highest BCUT2D eigenvalue weighted by atomic mass is 16.6. The molecule has 1 aromatic carbocycles. The number of nitrogens with zero attached hydrogens (tertiary/aromatic N) is 1. The fourth-order valence-corrected chi connectivity index (χ4v) is 2.95. The normalized spacial score (nSPS) is 29.4. The van der Waals surface area contributed by atoms with Crippen LogP contribution in [0.1, 0.15) is 38.3 Å². The maximum Gasteiger partial charge on any atom is 0.332 e. The summed E-state index contributed by atoms with van der Waals surface area (Å²) in [6.07, 6.45) is 1.75. The number of carbonyl (C=O) groups excluding carboxylic acids is 1. The Morgan fingerprint density at radius 2 is 2.11 bits per heavy atom. The molecule has 0 aromatic heterocycles. The third-order valence-corrected chi connectivity index (χ3v) is 4.11. The van der Waals surface area contributed by atoms with E-state index in [1.807, 2.05) is 26.8 Å². The zero-order chi connectivity index (χ0) is 13.6. The van der Waals surface area contributed by atoms with Crippen LogP contribution in [-0.4, -0.2) is 23.3 Å². The van der Waals surface area contributed by atoms with E-state index in [0.717, 1.165) is 24.1 Å². The molecule has 1 aliphatic carbocycles. The fraction of sp³-hybridized carbons (Fsp3) is 0.500. The van der Waals surface area contributed by atoms with Crippen molar-refractivity contribution < 1.29 is 9.53 Å². The lowest BCUT2D eigenvalue weighted by molar-refractivity contribution is -0.157. The second kappa shape index (κ2) is 4.19. The lowest BCUT2D eigenvalue weighted by Crippen LogP contribution is -2.51. The first-order valence-electron chi connectivity index (χ1n) is 6.91. The molecule has 0 saturated heterocycles. The van der Waals surface area contributed by atoms with Gasteiger partial charge in [0, 0.05) is 5.56 Å². The number of hydrogen-bond donors (Lipinski definition) is 0. The summed E-state index contributed by atoms with van der Waals surface area (Å²) in [7, 11) is 0. The molecule has 0 fully saturated rings. The van der Waals surface area contributed by atoms with Gasteiger partial charge in [-0.25, -0.2) is 4.79 Å². The lowest BCUT2D eigenvalue weighted by atomic mass is 9.78. The van der Waals surface area contributed by atoms with Gasteiger partial charge in [-0.05, 0) is 31.2 Å². The Balaban J connectivity index is 2.15. The van der Waals surface area contributed by atoms with Crippen molar-refractivity contribution in [1.29, 1.82) is 0 Å². The lowest BCUT2D eigenvalue weighted by Gasteiger charge is -2.40. The van der Waals surface area contributed by atoms with Crippen LogP contribution in [0.5, 0.6) is 0 Å².